The number of nitriles is 1. The van der Waals surface area contributed by atoms with E-state index in [1.165, 1.54) is 6.92 Å². The summed E-state index contributed by atoms with van der Waals surface area (Å²) < 4.78 is 4.83. The molecule has 0 saturated carbocycles. The third kappa shape index (κ3) is 58.6. The van der Waals surface area contributed by atoms with Gasteiger partial charge in [-0.1, -0.05) is 0 Å². The van der Waals surface area contributed by atoms with Crippen molar-refractivity contribution in [2.24, 2.45) is 0 Å². The van der Waals surface area contributed by atoms with Gasteiger partial charge in [-0.25, -0.2) is 0 Å². The molecule has 3 heteroatoms. The van der Waals surface area contributed by atoms with Crippen molar-refractivity contribution in [3.63, 3.8) is 0 Å². The Morgan fingerprint density at radius 3 is 1.56 bits per heavy atom. The molecule has 0 amide bonds. The zero-order valence-electron chi connectivity index (χ0n) is 5.77. The second kappa shape index (κ2) is 23.7. The molecule has 0 aromatic heterocycles. The van der Waals surface area contributed by atoms with Crippen LogP contribution in [0, 0.1) is 11.3 Å². The average Bonchev–Trinajstić information content (AvgIpc) is 1.71. The fourth-order valence-electron chi connectivity index (χ4n) is 0.204. The van der Waals surface area contributed by atoms with E-state index in [0.29, 0.717) is 0 Å². The van der Waals surface area contributed by atoms with E-state index in [2.05, 4.69) is 0 Å². The Hall–Kier alpha value is 0.450. The van der Waals surface area contributed by atoms with Crippen molar-refractivity contribution in [3.05, 3.63) is 0 Å². The molecule has 50 valence electrons. The van der Waals surface area contributed by atoms with Gasteiger partial charge in [0.2, 0.25) is 0 Å². The van der Waals surface area contributed by atoms with E-state index in [1.54, 1.807) is 6.07 Å². The molecule has 0 radical (unpaired) electrons. The summed E-state index contributed by atoms with van der Waals surface area (Å²) in [5, 5.41) is 7.32. The van der Waals surface area contributed by atoms with Crippen LogP contribution < -0.4 is 0 Å². The van der Waals surface area contributed by atoms with E-state index in [0.717, 1.165) is 13.2 Å². The summed E-state index contributed by atoms with van der Waals surface area (Å²) in [4.78, 5) is 0. The fraction of sp³-hybridized carbons (Fsp3) is 0.833. The SMILES string of the molecule is CC#N.CCOCC.[NaH]. The van der Waals surface area contributed by atoms with Crippen LogP contribution in [0.15, 0.2) is 0 Å². The molecule has 0 atom stereocenters. The normalized spacial score (nSPS) is 5.56. The third-order valence-corrected chi connectivity index (χ3v) is 0.408. The van der Waals surface area contributed by atoms with Gasteiger partial charge < -0.3 is 4.74 Å². The van der Waals surface area contributed by atoms with Crippen molar-refractivity contribution in [2.75, 3.05) is 13.2 Å². The Balaban J connectivity index is -0.0000000800. The summed E-state index contributed by atoms with van der Waals surface area (Å²) in [5.74, 6) is 0. The van der Waals surface area contributed by atoms with Gasteiger partial charge in [-0.2, -0.15) is 5.26 Å². The average molecular weight is 139 g/mol. The van der Waals surface area contributed by atoms with Crippen molar-refractivity contribution in [2.45, 2.75) is 20.8 Å². The van der Waals surface area contributed by atoms with Crippen molar-refractivity contribution in [3.8, 4) is 6.07 Å². The monoisotopic (exact) mass is 139 g/mol. The number of rotatable bonds is 2. The van der Waals surface area contributed by atoms with Crippen LogP contribution in [0.5, 0.6) is 0 Å². The molecular weight excluding hydrogens is 125 g/mol. The quantitative estimate of drug-likeness (QED) is 0.533. The minimum absolute atomic E-state index is 0. The molecule has 9 heavy (non-hydrogen) atoms. The van der Waals surface area contributed by atoms with Gasteiger partial charge in [0.15, 0.2) is 0 Å². The van der Waals surface area contributed by atoms with Crippen molar-refractivity contribution >= 4 is 29.6 Å². The first-order valence-electron chi connectivity index (χ1n) is 2.72. The molecule has 0 aliphatic heterocycles. The first-order chi connectivity index (χ1) is 3.83. The first kappa shape index (κ1) is 16.2. The molecular formula is C6H14NNaO. The van der Waals surface area contributed by atoms with E-state index in [-0.39, 0.29) is 29.6 Å². The second-order valence-electron chi connectivity index (χ2n) is 1.01. The van der Waals surface area contributed by atoms with Gasteiger partial charge in [-0.15, -0.1) is 0 Å². The summed E-state index contributed by atoms with van der Waals surface area (Å²) >= 11 is 0. The topological polar surface area (TPSA) is 33.0 Å². The number of hydrogen-bond acceptors (Lipinski definition) is 2. The molecule has 0 N–H and O–H groups in total. The Bertz CT molecular complexity index is 58.6. The van der Waals surface area contributed by atoms with E-state index >= 15 is 0 Å². The van der Waals surface area contributed by atoms with Crippen LogP contribution >= 0.6 is 0 Å². The Morgan fingerprint density at radius 2 is 1.56 bits per heavy atom. The second-order valence-corrected chi connectivity index (χ2v) is 1.01. The van der Waals surface area contributed by atoms with Crippen molar-refractivity contribution in [1.82, 2.24) is 0 Å². The van der Waals surface area contributed by atoms with Gasteiger partial charge in [0.25, 0.3) is 0 Å². The Morgan fingerprint density at radius 1 is 1.33 bits per heavy atom. The first-order valence-corrected chi connectivity index (χ1v) is 2.72. The molecule has 0 bridgehead atoms. The summed E-state index contributed by atoms with van der Waals surface area (Å²) in [5.41, 5.74) is 0. The van der Waals surface area contributed by atoms with Crippen LogP contribution in [0.4, 0.5) is 0 Å². The van der Waals surface area contributed by atoms with Gasteiger partial charge in [0.1, 0.15) is 0 Å². The van der Waals surface area contributed by atoms with Crippen LogP contribution in [-0.4, -0.2) is 42.8 Å². The van der Waals surface area contributed by atoms with Gasteiger partial charge in [-0.3, -0.25) is 0 Å². The number of nitrogens with zero attached hydrogens (tertiary/aromatic N) is 1. The zero-order chi connectivity index (χ0) is 6.83. The molecule has 0 unspecified atom stereocenters. The van der Waals surface area contributed by atoms with Crippen LogP contribution in [0.25, 0.3) is 0 Å². The maximum absolute atomic E-state index is 7.32. The summed E-state index contributed by atoms with van der Waals surface area (Å²) in [6, 6.07) is 1.75. The Labute approximate surface area is 79.5 Å². The molecule has 0 heterocycles. The molecule has 2 nitrogen and oxygen atoms in total. The predicted molar refractivity (Wildman–Crippen MR) is 40.6 cm³/mol. The summed E-state index contributed by atoms with van der Waals surface area (Å²) in [6.07, 6.45) is 0. The van der Waals surface area contributed by atoms with E-state index in [9.17, 15) is 0 Å². The molecule has 0 aromatic rings. The zero-order valence-corrected chi connectivity index (χ0v) is 5.77. The number of ether oxygens (including phenoxy) is 1. The molecule has 0 spiro atoms. The molecule has 0 aliphatic carbocycles. The number of hydrogen-bond donors (Lipinski definition) is 0. The van der Waals surface area contributed by atoms with Crippen LogP contribution in [0.3, 0.4) is 0 Å². The van der Waals surface area contributed by atoms with Crippen molar-refractivity contribution < 1.29 is 4.74 Å². The Kier molecular flexibility index (Phi) is 42.7. The molecule has 0 aliphatic rings. The molecule has 0 saturated heterocycles. The summed E-state index contributed by atoms with van der Waals surface area (Å²) in [7, 11) is 0. The van der Waals surface area contributed by atoms with Crippen molar-refractivity contribution in [1.29, 1.82) is 5.26 Å². The van der Waals surface area contributed by atoms with Crippen LogP contribution in [-0.2, 0) is 4.74 Å². The predicted octanol–water partition coefficient (Wildman–Crippen LogP) is 0.924. The van der Waals surface area contributed by atoms with Crippen LogP contribution in [0.1, 0.15) is 20.8 Å². The van der Waals surface area contributed by atoms with E-state index in [4.69, 9.17) is 10.00 Å². The van der Waals surface area contributed by atoms with Gasteiger partial charge in [0.05, 0.1) is 6.07 Å². The molecule has 0 fully saturated rings. The fourth-order valence-corrected chi connectivity index (χ4v) is 0.204. The van der Waals surface area contributed by atoms with Gasteiger partial charge in [0, 0.05) is 20.1 Å². The minimum atomic E-state index is 0. The summed E-state index contributed by atoms with van der Waals surface area (Å²) in [6.45, 7) is 7.10. The molecule has 0 aromatic carbocycles. The maximum atomic E-state index is 7.32. The van der Waals surface area contributed by atoms with Gasteiger partial charge >= 0.3 is 29.6 Å². The standard InChI is InChI=1S/C4H10O.C2H3N.Na.H/c1-3-5-4-2;1-2-3;;/h3-4H2,1-2H3;1H3;;. The van der Waals surface area contributed by atoms with Crippen LogP contribution in [0.2, 0.25) is 0 Å². The molecule has 0 rings (SSSR count). The third-order valence-electron chi connectivity index (χ3n) is 0.408. The van der Waals surface area contributed by atoms with E-state index < -0.39 is 0 Å². The van der Waals surface area contributed by atoms with E-state index in [1.807, 2.05) is 13.8 Å². The van der Waals surface area contributed by atoms with Gasteiger partial charge in [-0.05, 0) is 13.8 Å².